The summed E-state index contributed by atoms with van der Waals surface area (Å²) in [6.45, 7) is 2.87. The van der Waals surface area contributed by atoms with Gasteiger partial charge in [0.2, 0.25) is 0 Å². The van der Waals surface area contributed by atoms with Crippen LogP contribution >= 0.6 is 0 Å². The quantitative estimate of drug-likeness (QED) is 0.878. The highest BCUT2D eigenvalue weighted by atomic mass is 16.5. The number of nitrogens with one attached hydrogen (secondary N) is 1. The number of amides is 1. The van der Waals surface area contributed by atoms with Crippen LogP contribution in [0.25, 0.3) is 0 Å². The highest BCUT2D eigenvalue weighted by Gasteiger charge is 2.29. The minimum atomic E-state index is -0.228. The summed E-state index contributed by atoms with van der Waals surface area (Å²) in [5.74, 6) is 0.263. The maximum absolute atomic E-state index is 12.1. The second kappa shape index (κ2) is 5.51. The van der Waals surface area contributed by atoms with Gasteiger partial charge in [-0.15, -0.1) is 0 Å². The van der Waals surface area contributed by atoms with Crippen LogP contribution in [0, 0.1) is 5.41 Å². The van der Waals surface area contributed by atoms with E-state index in [4.69, 9.17) is 4.74 Å². The third kappa shape index (κ3) is 3.19. The van der Waals surface area contributed by atoms with Gasteiger partial charge in [0.15, 0.2) is 0 Å². The van der Waals surface area contributed by atoms with Gasteiger partial charge in [0.05, 0.1) is 12.7 Å². The molecular weight excluding hydrogens is 242 g/mol. The van der Waals surface area contributed by atoms with Gasteiger partial charge in [-0.2, -0.15) is 0 Å². The lowest BCUT2D eigenvalue weighted by molar-refractivity contribution is 0.0931. The predicted molar refractivity (Wildman–Crippen MR) is 73.6 cm³/mol. The molecule has 1 saturated carbocycles. The molecule has 4 heteroatoms. The Morgan fingerprint density at radius 3 is 2.68 bits per heavy atom. The average molecular weight is 263 g/mol. The zero-order valence-corrected chi connectivity index (χ0v) is 11.5. The fraction of sp³-hybridized carbons (Fsp3) is 0.533. The first kappa shape index (κ1) is 13.7. The minimum Gasteiger partial charge on any atom is -0.507 e. The van der Waals surface area contributed by atoms with Crippen molar-refractivity contribution in [1.82, 2.24) is 5.32 Å². The average Bonchev–Trinajstić information content (AvgIpc) is 2.83. The number of phenolic OH excluding ortho intramolecular Hbond substituents is 1. The lowest BCUT2D eigenvalue weighted by Crippen LogP contribution is -2.34. The maximum Gasteiger partial charge on any atom is 0.255 e. The van der Waals surface area contributed by atoms with Crippen LogP contribution in [0.15, 0.2) is 18.2 Å². The van der Waals surface area contributed by atoms with Crippen LogP contribution in [0.2, 0.25) is 0 Å². The standard InChI is InChI=1S/C15H21NO3/c1-15(7-3-4-8-15)10-16-14(18)12-6-5-11(19-2)9-13(12)17/h5-6,9,17H,3-4,7-8,10H2,1-2H3,(H,16,18). The van der Waals surface area contributed by atoms with Gasteiger partial charge < -0.3 is 15.2 Å². The van der Waals surface area contributed by atoms with Gasteiger partial charge in [0.1, 0.15) is 11.5 Å². The Hall–Kier alpha value is -1.71. The Balaban J connectivity index is 2.00. The highest BCUT2D eigenvalue weighted by molar-refractivity contribution is 5.97. The van der Waals surface area contributed by atoms with Crippen molar-refractivity contribution in [3.63, 3.8) is 0 Å². The first-order chi connectivity index (χ1) is 9.04. The van der Waals surface area contributed by atoms with E-state index < -0.39 is 0 Å². The molecule has 0 spiro atoms. The van der Waals surface area contributed by atoms with Crippen molar-refractivity contribution in [1.29, 1.82) is 0 Å². The molecule has 1 aliphatic carbocycles. The molecule has 0 aromatic heterocycles. The molecule has 0 radical (unpaired) electrons. The largest absolute Gasteiger partial charge is 0.507 e. The van der Waals surface area contributed by atoms with E-state index in [0.717, 1.165) is 12.8 Å². The molecule has 104 valence electrons. The van der Waals surface area contributed by atoms with Crippen LogP contribution in [0.4, 0.5) is 0 Å². The van der Waals surface area contributed by atoms with Gasteiger partial charge in [0.25, 0.3) is 5.91 Å². The molecule has 4 nitrogen and oxygen atoms in total. The third-order valence-electron chi connectivity index (χ3n) is 3.94. The predicted octanol–water partition coefficient (Wildman–Crippen LogP) is 2.71. The number of phenols is 1. The number of methoxy groups -OCH3 is 1. The molecule has 1 aliphatic rings. The van der Waals surface area contributed by atoms with Gasteiger partial charge in [-0.3, -0.25) is 4.79 Å². The summed E-state index contributed by atoms with van der Waals surface area (Å²) < 4.78 is 5.00. The molecular formula is C15H21NO3. The third-order valence-corrected chi connectivity index (χ3v) is 3.94. The summed E-state index contributed by atoms with van der Waals surface area (Å²) in [5.41, 5.74) is 0.500. The molecule has 0 saturated heterocycles. The summed E-state index contributed by atoms with van der Waals surface area (Å²) in [4.78, 5) is 12.1. The fourth-order valence-corrected chi connectivity index (χ4v) is 2.62. The first-order valence-electron chi connectivity index (χ1n) is 6.69. The molecule has 0 bridgehead atoms. The Morgan fingerprint density at radius 2 is 2.11 bits per heavy atom. The molecule has 2 N–H and O–H groups in total. The van der Waals surface area contributed by atoms with E-state index in [-0.39, 0.29) is 17.1 Å². The van der Waals surface area contributed by atoms with Crippen molar-refractivity contribution in [3.8, 4) is 11.5 Å². The van der Waals surface area contributed by atoms with Gasteiger partial charge in [-0.05, 0) is 30.4 Å². The van der Waals surface area contributed by atoms with Crippen molar-refractivity contribution >= 4 is 5.91 Å². The molecule has 0 heterocycles. The van der Waals surface area contributed by atoms with Crippen LogP contribution in [-0.4, -0.2) is 24.7 Å². The number of hydrogen-bond acceptors (Lipinski definition) is 3. The second-order valence-corrected chi connectivity index (χ2v) is 5.58. The number of hydrogen-bond donors (Lipinski definition) is 2. The summed E-state index contributed by atoms with van der Waals surface area (Å²) >= 11 is 0. The molecule has 1 amide bonds. The molecule has 1 aromatic carbocycles. The smallest absolute Gasteiger partial charge is 0.255 e. The molecule has 0 atom stereocenters. The van der Waals surface area contributed by atoms with E-state index in [1.807, 2.05) is 0 Å². The maximum atomic E-state index is 12.1. The Labute approximate surface area is 113 Å². The summed E-state index contributed by atoms with van der Waals surface area (Å²) in [6.07, 6.45) is 4.78. The van der Waals surface area contributed by atoms with Crippen LogP contribution < -0.4 is 10.1 Å². The Morgan fingerprint density at radius 1 is 1.42 bits per heavy atom. The van der Waals surface area contributed by atoms with Crippen molar-refractivity contribution in [2.75, 3.05) is 13.7 Å². The van der Waals surface area contributed by atoms with Crippen LogP contribution in [0.3, 0.4) is 0 Å². The summed E-state index contributed by atoms with van der Waals surface area (Å²) in [5, 5.41) is 12.7. The van der Waals surface area contributed by atoms with Crippen LogP contribution in [-0.2, 0) is 0 Å². The van der Waals surface area contributed by atoms with Crippen molar-refractivity contribution in [2.24, 2.45) is 5.41 Å². The number of aromatic hydroxyl groups is 1. The molecule has 2 rings (SSSR count). The van der Waals surface area contributed by atoms with E-state index in [1.165, 1.54) is 26.0 Å². The normalized spacial score (nSPS) is 17.2. The molecule has 1 aromatic rings. The van der Waals surface area contributed by atoms with E-state index in [2.05, 4.69) is 12.2 Å². The number of rotatable bonds is 4. The number of carbonyl (C=O) groups excluding carboxylic acids is 1. The topological polar surface area (TPSA) is 58.6 Å². The number of carbonyl (C=O) groups is 1. The molecule has 0 aliphatic heterocycles. The zero-order chi connectivity index (χ0) is 13.9. The first-order valence-corrected chi connectivity index (χ1v) is 6.69. The van der Waals surface area contributed by atoms with Gasteiger partial charge >= 0.3 is 0 Å². The number of benzene rings is 1. The van der Waals surface area contributed by atoms with Crippen LogP contribution in [0.5, 0.6) is 11.5 Å². The van der Waals surface area contributed by atoms with Crippen molar-refractivity contribution in [3.05, 3.63) is 23.8 Å². The molecule has 0 unspecified atom stereocenters. The highest BCUT2D eigenvalue weighted by Crippen LogP contribution is 2.36. The fourth-order valence-electron chi connectivity index (χ4n) is 2.62. The van der Waals surface area contributed by atoms with Gasteiger partial charge in [-0.25, -0.2) is 0 Å². The Bertz CT molecular complexity index is 464. The monoisotopic (exact) mass is 263 g/mol. The van der Waals surface area contributed by atoms with Crippen molar-refractivity contribution < 1.29 is 14.6 Å². The van der Waals surface area contributed by atoms with Crippen molar-refractivity contribution in [2.45, 2.75) is 32.6 Å². The second-order valence-electron chi connectivity index (χ2n) is 5.58. The van der Waals surface area contributed by atoms with Gasteiger partial charge in [-0.1, -0.05) is 19.8 Å². The Kier molecular flexibility index (Phi) is 3.98. The zero-order valence-electron chi connectivity index (χ0n) is 11.5. The molecule has 1 fully saturated rings. The van der Waals surface area contributed by atoms with E-state index in [0.29, 0.717) is 17.9 Å². The summed E-state index contributed by atoms with van der Waals surface area (Å²) in [6, 6.07) is 4.71. The SMILES string of the molecule is COc1ccc(C(=O)NCC2(C)CCCC2)c(O)c1. The van der Waals surface area contributed by atoms with E-state index in [1.54, 1.807) is 12.1 Å². The minimum absolute atomic E-state index is 0.0478. The van der Waals surface area contributed by atoms with Crippen LogP contribution in [0.1, 0.15) is 43.0 Å². The van der Waals surface area contributed by atoms with E-state index >= 15 is 0 Å². The summed E-state index contributed by atoms with van der Waals surface area (Å²) in [7, 11) is 1.52. The van der Waals surface area contributed by atoms with E-state index in [9.17, 15) is 9.90 Å². The van der Waals surface area contributed by atoms with Gasteiger partial charge in [0, 0.05) is 12.6 Å². The number of ether oxygens (including phenoxy) is 1. The lowest BCUT2D eigenvalue weighted by atomic mass is 9.89. The molecule has 19 heavy (non-hydrogen) atoms. The lowest BCUT2D eigenvalue weighted by Gasteiger charge is -2.23.